The van der Waals surface area contributed by atoms with Crippen LogP contribution in [0.1, 0.15) is 19.4 Å². The highest BCUT2D eigenvalue weighted by Crippen LogP contribution is 2.33. The van der Waals surface area contributed by atoms with Crippen molar-refractivity contribution in [1.82, 2.24) is 5.32 Å². The molecule has 1 aliphatic heterocycles. The summed E-state index contributed by atoms with van der Waals surface area (Å²) in [5, 5.41) is 4.17. The fraction of sp³-hybridized carbons (Fsp3) is 0.625. The van der Waals surface area contributed by atoms with E-state index >= 15 is 0 Å². The van der Waals surface area contributed by atoms with Crippen LogP contribution >= 0.6 is 23.4 Å². The molecule has 5 heteroatoms. The van der Waals surface area contributed by atoms with Gasteiger partial charge in [-0.1, -0.05) is 17.7 Å². The maximum Gasteiger partial charge on any atom is 0.0587 e. The summed E-state index contributed by atoms with van der Waals surface area (Å²) in [4.78, 5) is 2.44. The van der Waals surface area contributed by atoms with E-state index in [-0.39, 0.29) is 0 Å². The quantitative estimate of drug-likeness (QED) is 0.809. The number of hydrogen-bond acceptors (Lipinski definition) is 4. The Labute approximate surface area is 137 Å². The number of nitrogens with zero attached hydrogens (tertiary/aromatic N) is 1. The fourth-order valence-corrected chi connectivity index (χ4v) is 3.86. The van der Waals surface area contributed by atoms with Crippen molar-refractivity contribution < 1.29 is 4.74 Å². The van der Waals surface area contributed by atoms with Gasteiger partial charge in [0.05, 0.1) is 6.61 Å². The van der Waals surface area contributed by atoms with Crippen molar-refractivity contribution in [2.75, 3.05) is 44.0 Å². The predicted molar refractivity (Wildman–Crippen MR) is 93.8 cm³/mol. The average Bonchev–Trinajstić information content (AvgIpc) is 2.44. The van der Waals surface area contributed by atoms with Gasteiger partial charge in [0.1, 0.15) is 0 Å². The van der Waals surface area contributed by atoms with Gasteiger partial charge in [0.2, 0.25) is 0 Å². The van der Waals surface area contributed by atoms with Crippen LogP contribution in [0.5, 0.6) is 0 Å². The Morgan fingerprint density at radius 2 is 2.24 bits per heavy atom. The average molecular weight is 329 g/mol. The van der Waals surface area contributed by atoms with Gasteiger partial charge in [-0.25, -0.2) is 0 Å². The second-order valence-electron chi connectivity index (χ2n) is 5.97. The Hall–Kier alpha value is -0.420. The fourth-order valence-electron chi connectivity index (χ4n) is 2.51. The zero-order valence-corrected chi connectivity index (χ0v) is 14.7. The Morgan fingerprint density at radius 3 is 2.90 bits per heavy atom. The largest absolute Gasteiger partial charge is 0.383 e. The minimum Gasteiger partial charge on any atom is -0.383 e. The van der Waals surface area contributed by atoms with E-state index in [9.17, 15) is 0 Å². The molecule has 0 amide bonds. The lowest BCUT2D eigenvalue weighted by Gasteiger charge is -2.39. The molecular formula is C16H25ClN2OS. The predicted octanol–water partition coefficient (Wildman–Crippen LogP) is 3.41. The number of thioether (sulfide) groups is 1. The maximum atomic E-state index is 6.43. The minimum absolute atomic E-state index is 0.311. The third-order valence-electron chi connectivity index (χ3n) is 3.63. The molecule has 1 aromatic carbocycles. The molecule has 1 heterocycles. The van der Waals surface area contributed by atoms with Crippen LogP contribution in [0.25, 0.3) is 0 Å². The van der Waals surface area contributed by atoms with Crippen LogP contribution in [0.2, 0.25) is 5.02 Å². The van der Waals surface area contributed by atoms with Gasteiger partial charge < -0.3 is 15.0 Å². The van der Waals surface area contributed by atoms with Gasteiger partial charge in [0.15, 0.2) is 0 Å². The molecule has 3 nitrogen and oxygen atoms in total. The van der Waals surface area contributed by atoms with Crippen LogP contribution in [0.3, 0.4) is 0 Å². The highest BCUT2D eigenvalue weighted by atomic mass is 35.5. The highest BCUT2D eigenvalue weighted by molar-refractivity contribution is 8.00. The van der Waals surface area contributed by atoms with Crippen molar-refractivity contribution in [3.05, 3.63) is 28.8 Å². The first-order chi connectivity index (χ1) is 10.0. The van der Waals surface area contributed by atoms with E-state index in [1.54, 1.807) is 7.11 Å². The van der Waals surface area contributed by atoms with Gasteiger partial charge in [-0.3, -0.25) is 0 Å². The van der Waals surface area contributed by atoms with E-state index < -0.39 is 0 Å². The van der Waals surface area contributed by atoms with E-state index in [4.69, 9.17) is 16.3 Å². The van der Waals surface area contributed by atoms with Crippen LogP contribution < -0.4 is 10.2 Å². The SMILES string of the molecule is COCCNCc1ccc(N2CCSC(C)(C)C2)cc1Cl. The van der Waals surface area contributed by atoms with Crippen molar-refractivity contribution in [3.63, 3.8) is 0 Å². The summed E-state index contributed by atoms with van der Waals surface area (Å²) in [5.74, 6) is 1.17. The molecule has 118 valence electrons. The highest BCUT2D eigenvalue weighted by Gasteiger charge is 2.27. The molecule has 0 unspecified atom stereocenters. The van der Waals surface area contributed by atoms with Gasteiger partial charge >= 0.3 is 0 Å². The summed E-state index contributed by atoms with van der Waals surface area (Å²) >= 11 is 8.47. The third-order valence-corrected chi connectivity index (χ3v) is 5.27. The third kappa shape index (κ3) is 5.06. The molecule has 1 fully saturated rings. The zero-order chi connectivity index (χ0) is 15.3. The lowest BCUT2D eigenvalue weighted by Crippen LogP contribution is -2.43. The molecule has 0 spiro atoms. The molecule has 1 N–H and O–H groups in total. The number of benzene rings is 1. The first-order valence-electron chi connectivity index (χ1n) is 7.39. The molecule has 0 bridgehead atoms. The van der Waals surface area contributed by atoms with Gasteiger partial charge in [-0.15, -0.1) is 0 Å². The van der Waals surface area contributed by atoms with Crippen molar-refractivity contribution in [2.24, 2.45) is 0 Å². The zero-order valence-electron chi connectivity index (χ0n) is 13.1. The summed E-state index contributed by atoms with van der Waals surface area (Å²) in [6, 6.07) is 6.42. The summed E-state index contributed by atoms with van der Waals surface area (Å²) in [5.41, 5.74) is 2.37. The smallest absolute Gasteiger partial charge is 0.0587 e. The number of halogens is 1. The number of ether oxygens (including phenoxy) is 1. The molecule has 1 aromatic rings. The lowest BCUT2D eigenvalue weighted by atomic mass is 10.1. The summed E-state index contributed by atoms with van der Waals surface area (Å²) in [6.07, 6.45) is 0. The number of rotatable bonds is 6. The molecule has 0 aromatic heterocycles. The van der Waals surface area contributed by atoms with E-state index in [0.717, 1.165) is 43.4 Å². The molecule has 0 atom stereocenters. The van der Waals surface area contributed by atoms with Crippen LogP contribution in [-0.2, 0) is 11.3 Å². The lowest BCUT2D eigenvalue weighted by molar-refractivity contribution is 0.199. The van der Waals surface area contributed by atoms with E-state index in [0.29, 0.717) is 4.75 Å². The second kappa shape index (κ2) is 7.73. The van der Waals surface area contributed by atoms with Gasteiger partial charge in [-0.2, -0.15) is 11.8 Å². The number of hydrogen-bond donors (Lipinski definition) is 1. The van der Waals surface area contributed by atoms with E-state index in [1.165, 1.54) is 11.4 Å². The first-order valence-corrected chi connectivity index (χ1v) is 8.75. The molecule has 21 heavy (non-hydrogen) atoms. The molecular weight excluding hydrogens is 304 g/mol. The molecule has 2 rings (SSSR count). The molecule has 1 aliphatic rings. The summed E-state index contributed by atoms with van der Waals surface area (Å²) in [7, 11) is 1.71. The Morgan fingerprint density at radius 1 is 1.43 bits per heavy atom. The minimum atomic E-state index is 0.311. The van der Waals surface area contributed by atoms with E-state index in [2.05, 4.69) is 42.3 Å². The Kier molecular flexibility index (Phi) is 6.23. The van der Waals surface area contributed by atoms with E-state index in [1.807, 2.05) is 11.8 Å². The second-order valence-corrected chi connectivity index (χ2v) is 8.18. The molecule has 0 aliphatic carbocycles. The topological polar surface area (TPSA) is 24.5 Å². The van der Waals surface area contributed by atoms with Gasteiger partial charge in [-0.05, 0) is 31.5 Å². The first kappa shape index (κ1) is 16.9. The van der Waals surface area contributed by atoms with Gasteiger partial charge in [0.25, 0.3) is 0 Å². The number of methoxy groups -OCH3 is 1. The Balaban J connectivity index is 1.98. The normalized spacial score (nSPS) is 18.0. The van der Waals surface area contributed by atoms with Crippen LogP contribution in [0.15, 0.2) is 18.2 Å². The molecule has 0 radical (unpaired) electrons. The van der Waals surface area contributed by atoms with Crippen molar-refractivity contribution in [3.8, 4) is 0 Å². The summed E-state index contributed by atoms with van der Waals surface area (Å²) in [6.45, 7) is 9.11. The van der Waals surface area contributed by atoms with Crippen LogP contribution in [0.4, 0.5) is 5.69 Å². The van der Waals surface area contributed by atoms with Crippen LogP contribution in [0, 0.1) is 0 Å². The maximum absolute atomic E-state index is 6.43. The summed E-state index contributed by atoms with van der Waals surface area (Å²) < 4.78 is 5.33. The molecule has 0 saturated carbocycles. The van der Waals surface area contributed by atoms with Crippen molar-refractivity contribution in [1.29, 1.82) is 0 Å². The van der Waals surface area contributed by atoms with Crippen molar-refractivity contribution >= 4 is 29.1 Å². The standard InChI is InChI=1S/C16H25ClN2OS/c1-16(2)12-19(7-9-21-16)14-5-4-13(15(17)10-14)11-18-6-8-20-3/h4-5,10,18H,6-9,11-12H2,1-3H3. The molecule has 1 saturated heterocycles. The Bertz CT molecular complexity index is 468. The monoisotopic (exact) mass is 328 g/mol. The van der Waals surface area contributed by atoms with Crippen molar-refractivity contribution in [2.45, 2.75) is 25.1 Å². The number of nitrogens with one attached hydrogen (secondary N) is 1. The van der Waals surface area contributed by atoms with Crippen LogP contribution in [-0.4, -0.2) is 43.9 Å². The number of anilines is 1. The van der Waals surface area contributed by atoms with Gasteiger partial charge in [0, 0.05) is 54.5 Å².